The Labute approximate surface area is 109 Å². The molecule has 18 heavy (non-hydrogen) atoms. The summed E-state index contributed by atoms with van der Waals surface area (Å²) in [6, 6.07) is 14.8. The summed E-state index contributed by atoms with van der Waals surface area (Å²) in [5.41, 5.74) is 3.77. The average Bonchev–Trinajstić information content (AvgIpc) is 2.42. The minimum atomic E-state index is 0.906. The molecular formula is C16H20N2. The van der Waals surface area contributed by atoms with Gasteiger partial charge in [-0.05, 0) is 36.2 Å². The van der Waals surface area contributed by atoms with E-state index >= 15 is 0 Å². The summed E-state index contributed by atoms with van der Waals surface area (Å²) in [6.45, 7) is 4.22. The molecule has 0 saturated heterocycles. The number of rotatable bonds is 6. The average molecular weight is 240 g/mol. The normalized spacial score (nSPS) is 10.5. The van der Waals surface area contributed by atoms with Crippen molar-refractivity contribution in [1.29, 1.82) is 0 Å². The highest BCUT2D eigenvalue weighted by molar-refractivity contribution is 5.26. The van der Waals surface area contributed by atoms with Crippen LogP contribution in [0.3, 0.4) is 0 Å². The molecule has 0 aliphatic heterocycles. The quantitative estimate of drug-likeness (QED) is 0.784. The molecule has 0 saturated carbocycles. The van der Waals surface area contributed by atoms with Crippen LogP contribution in [0.2, 0.25) is 0 Å². The maximum Gasteiger partial charge on any atom is 0.0447 e. The Morgan fingerprint density at radius 1 is 1.00 bits per heavy atom. The first-order valence-corrected chi connectivity index (χ1v) is 6.57. The fourth-order valence-corrected chi connectivity index (χ4v) is 1.90. The van der Waals surface area contributed by atoms with Crippen LogP contribution in [-0.4, -0.2) is 11.5 Å². The van der Waals surface area contributed by atoms with E-state index in [1.165, 1.54) is 17.5 Å². The van der Waals surface area contributed by atoms with Gasteiger partial charge in [-0.1, -0.05) is 37.3 Å². The van der Waals surface area contributed by atoms with E-state index in [1.807, 2.05) is 18.3 Å². The molecule has 0 radical (unpaired) electrons. The molecule has 94 valence electrons. The van der Waals surface area contributed by atoms with Gasteiger partial charge in [0.05, 0.1) is 0 Å². The standard InChI is InChI=1S/C16H20N2/c1-2-10-17-13-15-8-6-14(7-9-15)12-16-5-3-4-11-18-16/h3-9,11,17H,2,10,12-13H2,1H3. The van der Waals surface area contributed by atoms with E-state index in [2.05, 4.69) is 47.6 Å². The third kappa shape index (κ3) is 3.97. The largest absolute Gasteiger partial charge is 0.313 e. The van der Waals surface area contributed by atoms with Gasteiger partial charge in [-0.2, -0.15) is 0 Å². The molecular weight excluding hydrogens is 220 g/mol. The highest BCUT2D eigenvalue weighted by atomic mass is 14.8. The van der Waals surface area contributed by atoms with E-state index < -0.39 is 0 Å². The first-order valence-electron chi connectivity index (χ1n) is 6.57. The van der Waals surface area contributed by atoms with Gasteiger partial charge in [0.2, 0.25) is 0 Å². The van der Waals surface area contributed by atoms with Crippen LogP contribution in [0, 0.1) is 0 Å². The van der Waals surface area contributed by atoms with Crippen molar-refractivity contribution < 1.29 is 0 Å². The molecule has 1 N–H and O–H groups in total. The number of aromatic nitrogens is 1. The number of nitrogens with one attached hydrogen (secondary N) is 1. The number of hydrogen-bond donors (Lipinski definition) is 1. The number of hydrogen-bond acceptors (Lipinski definition) is 2. The van der Waals surface area contributed by atoms with Gasteiger partial charge in [0, 0.05) is 24.9 Å². The zero-order valence-corrected chi connectivity index (χ0v) is 10.9. The number of pyridine rings is 1. The first-order chi connectivity index (χ1) is 8.88. The van der Waals surface area contributed by atoms with Gasteiger partial charge in [-0.15, -0.1) is 0 Å². The molecule has 2 nitrogen and oxygen atoms in total. The first kappa shape index (κ1) is 12.8. The van der Waals surface area contributed by atoms with E-state index in [0.29, 0.717) is 0 Å². The predicted molar refractivity (Wildman–Crippen MR) is 75.5 cm³/mol. The third-order valence-electron chi connectivity index (χ3n) is 2.89. The number of benzene rings is 1. The van der Waals surface area contributed by atoms with Crippen molar-refractivity contribution >= 4 is 0 Å². The molecule has 1 aromatic carbocycles. The molecule has 0 atom stereocenters. The second kappa shape index (κ2) is 6.92. The van der Waals surface area contributed by atoms with Crippen LogP contribution in [0.4, 0.5) is 0 Å². The van der Waals surface area contributed by atoms with Crippen molar-refractivity contribution in [2.45, 2.75) is 26.3 Å². The Bertz CT molecular complexity index is 448. The van der Waals surface area contributed by atoms with Gasteiger partial charge in [0.15, 0.2) is 0 Å². The Kier molecular flexibility index (Phi) is 4.91. The van der Waals surface area contributed by atoms with Gasteiger partial charge < -0.3 is 5.32 Å². The van der Waals surface area contributed by atoms with E-state index in [0.717, 1.165) is 25.2 Å². The summed E-state index contributed by atoms with van der Waals surface area (Å²) in [4.78, 5) is 4.34. The highest BCUT2D eigenvalue weighted by Gasteiger charge is 1.97. The topological polar surface area (TPSA) is 24.9 Å². The summed E-state index contributed by atoms with van der Waals surface area (Å²) < 4.78 is 0. The lowest BCUT2D eigenvalue weighted by Crippen LogP contribution is -2.13. The summed E-state index contributed by atoms with van der Waals surface area (Å²) >= 11 is 0. The molecule has 0 fully saturated rings. The van der Waals surface area contributed by atoms with Crippen molar-refractivity contribution in [3.63, 3.8) is 0 Å². The SMILES string of the molecule is CCCNCc1ccc(Cc2ccccn2)cc1. The van der Waals surface area contributed by atoms with E-state index in [-0.39, 0.29) is 0 Å². The van der Waals surface area contributed by atoms with Crippen molar-refractivity contribution in [3.8, 4) is 0 Å². The predicted octanol–water partition coefficient (Wildman–Crippen LogP) is 3.17. The van der Waals surface area contributed by atoms with Crippen molar-refractivity contribution in [2.24, 2.45) is 0 Å². The fourth-order valence-electron chi connectivity index (χ4n) is 1.90. The Morgan fingerprint density at radius 2 is 1.78 bits per heavy atom. The molecule has 0 spiro atoms. The van der Waals surface area contributed by atoms with Crippen LogP contribution in [0.25, 0.3) is 0 Å². The van der Waals surface area contributed by atoms with Gasteiger partial charge in [-0.25, -0.2) is 0 Å². The lowest BCUT2D eigenvalue weighted by molar-refractivity contribution is 0.675. The van der Waals surface area contributed by atoms with E-state index in [4.69, 9.17) is 0 Å². The van der Waals surface area contributed by atoms with Crippen LogP contribution in [-0.2, 0) is 13.0 Å². The van der Waals surface area contributed by atoms with Crippen LogP contribution < -0.4 is 5.32 Å². The molecule has 2 rings (SSSR count). The van der Waals surface area contributed by atoms with Crippen molar-refractivity contribution in [3.05, 3.63) is 65.5 Å². The molecule has 0 aliphatic rings. The molecule has 1 heterocycles. The Hall–Kier alpha value is -1.67. The monoisotopic (exact) mass is 240 g/mol. The fraction of sp³-hybridized carbons (Fsp3) is 0.312. The molecule has 0 bridgehead atoms. The lowest BCUT2D eigenvalue weighted by Gasteiger charge is -2.05. The minimum absolute atomic E-state index is 0.906. The lowest BCUT2D eigenvalue weighted by atomic mass is 10.1. The Balaban J connectivity index is 1.91. The maximum atomic E-state index is 4.34. The third-order valence-corrected chi connectivity index (χ3v) is 2.89. The number of nitrogens with zero attached hydrogens (tertiary/aromatic N) is 1. The van der Waals surface area contributed by atoms with E-state index in [9.17, 15) is 0 Å². The smallest absolute Gasteiger partial charge is 0.0447 e. The highest BCUT2D eigenvalue weighted by Crippen LogP contribution is 2.09. The van der Waals surface area contributed by atoms with Gasteiger partial charge in [0.25, 0.3) is 0 Å². The molecule has 0 unspecified atom stereocenters. The van der Waals surface area contributed by atoms with Crippen molar-refractivity contribution in [1.82, 2.24) is 10.3 Å². The molecule has 2 aromatic rings. The van der Waals surface area contributed by atoms with Gasteiger partial charge in [-0.3, -0.25) is 4.98 Å². The summed E-state index contributed by atoms with van der Waals surface area (Å²) in [7, 11) is 0. The zero-order valence-electron chi connectivity index (χ0n) is 10.9. The summed E-state index contributed by atoms with van der Waals surface area (Å²) in [5.74, 6) is 0. The van der Waals surface area contributed by atoms with E-state index in [1.54, 1.807) is 0 Å². The molecule has 2 heteroatoms. The summed E-state index contributed by atoms with van der Waals surface area (Å²) in [6.07, 6.45) is 3.93. The summed E-state index contributed by atoms with van der Waals surface area (Å²) in [5, 5.41) is 3.41. The minimum Gasteiger partial charge on any atom is -0.313 e. The van der Waals surface area contributed by atoms with Crippen LogP contribution >= 0.6 is 0 Å². The maximum absolute atomic E-state index is 4.34. The molecule has 1 aromatic heterocycles. The van der Waals surface area contributed by atoms with Crippen LogP contribution in [0.1, 0.15) is 30.2 Å². The zero-order chi connectivity index (χ0) is 12.6. The Morgan fingerprint density at radius 3 is 2.44 bits per heavy atom. The second-order valence-electron chi connectivity index (χ2n) is 4.49. The van der Waals surface area contributed by atoms with Gasteiger partial charge >= 0.3 is 0 Å². The van der Waals surface area contributed by atoms with Crippen molar-refractivity contribution in [2.75, 3.05) is 6.54 Å². The van der Waals surface area contributed by atoms with Crippen LogP contribution in [0.5, 0.6) is 0 Å². The molecule has 0 amide bonds. The molecule has 0 aliphatic carbocycles. The van der Waals surface area contributed by atoms with Gasteiger partial charge in [0.1, 0.15) is 0 Å². The van der Waals surface area contributed by atoms with Crippen LogP contribution in [0.15, 0.2) is 48.7 Å². The second-order valence-corrected chi connectivity index (χ2v) is 4.49.